The summed E-state index contributed by atoms with van der Waals surface area (Å²) in [5, 5.41) is 8.02. The maximum Gasteiger partial charge on any atom is 0.407 e. The first kappa shape index (κ1) is 22.2. The van der Waals surface area contributed by atoms with Crippen LogP contribution in [0.3, 0.4) is 0 Å². The molecule has 0 aromatic heterocycles. The highest BCUT2D eigenvalue weighted by molar-refractivity contribution is 6.00. The quantitative estimate of drug-likeness (QED) is 0.631. The Bertz CT molecular complexity index is 705. The van der Waals surface area contributed by atoms with Gasteiger partial charge in [0, 0.05) is 30.4 Å². The number of hydrogen-bond acceptors (Lipinski definition) is 4. The van der Waals surface area contributed by atoms with Crippen molar-refractivity contribution in [3.8, 4) is 0 Å². The van der Waals surface area contributed by atoms with E-state index in [1.54, 1.807) is 51.1 Å². The zero-order valence-corrected chi connectivity index (χ0v) is 16.6. The Morgan fingerprint density at radius 2 is 1.74 bits per heavy atom. The van der Waals surface area contributed by atoms with Crippen LogP contribution in [-0.4, -0.2) is 30.1 Å². The van der Waals surface area contributed by atoms with Crippen LogP contribution in [-0.2, 0) is 14.3 Å². The molecule has 0 aliphatic carbocycles. The van der Waals surface area contributed by atoms with Crippen molar-refractivity contribution in [1.29, 1.82) is 0 Å². The van der Waals surface area contributed by atoms with E-state index in [4.69, 9.17) is 4.74 Å². The molecule has 0 radical (unpaired) electrons. The molecule has 0 aliphatic rings. The van der Waals surface area contributed by atoms with Crippen LogP contribution in [0.15, 0.2) is 35.9 Å². The van der Waals surface area contributed by atoms with Gasteiger partial charge in [-0.25, -0.2) is 4.79 Å². The van der Waals surface area contributed by atoms with Gasteiger partial charge in [-0.1, -0.05) is 18.6 Å². The van der Waals surface area contributed by atoms with Gasteiger partial charge in [0.15, 0.2) is 0 Å². The second kappa shape index (κ2) is 10.4. The summed E-state index contributed by atoms with van der Waals surface area (Å²) in [6.45, 7) is 9.34. The Labute approximate surface area is 160 Å². The Hall–Kier alpha value is -2.83. The maximum absolute atomic E-state index is 12.0. The number of carbonyl (C=O) groups is 3. The van der Waals surface area contributed by atoms with Gasteiger partial charge < -0.3 is 20.7 Å². The van der Waals surface area contributed by atoms with Crippen LogP contribution < -0.4 is 16.0 Å². The lowest BCUT2D eigenvalue weighted by Crippen LogP contribution is -2.34. The highest BCUT2D eigenvalue weighted by Crippen LogP contribution is 2.15. The predicted molar refractivity (Wildman–Crippen MR) is 107 cm³/mol. The first-order valence-electron chi connectivity index (χ1n) is 8.94. The van der Waals surface area contributed by atoms with Gasteiger partial charge in [0.2, 0.25) is 11.8 Å². The Morgan fingerprint density at radius 1 is 1.11 bits per heavy atom. The van der Waals surface area contributed by atoms with E-state index in [0.29, 0.717) is 11.4 Å². The number of anilines is 2. The number of nitrogens with one attached hydrogen (secondary N) is 3. The lowest BCUT2D eigenvalue weighted by Gasteiger charge is -2.19. The number of ether oxygens (including phenoxy) is 1. The molecule has 0 heterocycles. The van der Waals surface area contributed by atoms with E-state index in [9.17, 15) is 14.4 Å². The molecular formula is C20H29N3O4. The topological polar surface area (TPSA) is 96.5 Å². The lowest BCUT2D eigenvalue weighted by molar-refractivity contribution is -0.116. The molecule has 0 atom stereocenters. The zero-order chi connectivity index (χ0) is 20.4. The standard InChI is InChI=1S/C20H29N3O4/c1-6-14(2)12-18(25)23-16-9-7-8-15(13-16)22-17(24)10-11-21-19(26)27-20(3,4)5/h7-9,12-13H,6,10-11H2,1-5H3,(H,21,26)(H,22,24)(H,23,25)/b14-12+. The molecular weight excluding hydrogens is 346 g/mol. The summed E-state index contributed by atoms with van der Waals surface area (Å²) in [6.07, 6.45) is 1.90. The van der Waals surface area contributed by atoms with Crippen LogP contribution in [0.2, 0.25) is 0 Å². The molecule has 3 amide bonds. The average Bonchev–Trinajstić information content (AvgIpc) is 2.53. The fourth-order valence-electron chi connectivity index (χ4n) is 1.99. The van der Waals surface area contributed by atoms with Gasteiger partial charge in [-0.3, -0.25) is 9.59 Å². The predicted octanol–water partition coefficient (Wildman–Crippen LogP) is 3.83. The van der Waals surface area contributed by atoms with Crippen LogP contribution in [0, 0.1) is 0 Å². The highest BCUT2D eigenvalue weighted by Gasteiger charge is 2.15. The molecule has 1 rings (SSSR count). The smallest absolute Gasteiger partial charge is 0.407 e. The van der Waals surface area contributed by atoms with Crippen LogP contribution >= 0.6 is 0 Å². The molecule has 0 fully saturated rings. The maximum atomic E-state index is 12.0. The number of benzene rings is 1. The first-order valence-corrected chi connectivity index (χ1v) is 8.94. The number of amides is 3. The van der Waals surface area contributed by atoms with Gasteiger partial charge in [0.1, 0.15) is 5.60 Å². The SMILES string of the molecule is CC/C(C)=C/C(=O)Nc1cccc(NC(=O)CCNC(=O)OC(C)(C)C)c1. The molecule has 0 unspecified atom stereocenters. The van der Waals surface area contributed by atoms with Crippen molar-refractivity contribution in [2.75, 3.05) is 17.2 Å². The summed E-state index contributed by atoms with van der Waals surface area (Å²) in [5.74, 6) is -0.462. The number of allylic oxidation sites excluding steroid dienone is 1. The largest absolute Gasteiger partial charge is 0.444 e. The minimum absolute atomic E-state index is 0.105. The van der Waals surface area contributed by atoms with Gasteiger partial charge in [0.25, 0.3) is 0 Å². The Morgan fingerprint density at radius 3 is 2.33 bits per heavy atom. The third kappa shape index (κ3) is 10.0. The number of alkyl carbamates (subject to hydrolysis) is 1. The van der Waals surface area contributed by atoms with E-state index in [1.165, 1.54) is 0 Å². The molecule has 0 saturated carbocycles. The monoisotopic (exact) mass is 375 g/mol. The van der Waals surface area contributed by atoms with Crippen LogP contribution in [0.4, 0.5) is 16.2 Å². The third-order valence-electron chi connectivity index (χ3n) is 3.37. The molecule has 7 heteroatoms. The summed E-state index contributed by atoms with van der Waals surface area (Å²) in [6, 6.07) is 6.88. The normalized spacial score (nSPS) is 11.5. The second-order valence-corrected chi connectivity index (χ2v) is 7.14. The molecule has 148 valence electrons. The third-order valence-corrected chi connectivity index (χ3v) is 3.37. The van der Waals surface area contributed by atoms with Gasteiger partial charge in [-0.15, -0.1) is 0 Å². The van der Waals surface area contributed by atoms with Gasteiger partial charge in [-0.2, -0.15) is 0 Å². The van der Waals surface area contributed by atoms with Crippen LogP contribution in [0.25, 0.3) is 0 Å². The fraction of sp³-hybridized carbons (Fsp3) is 0.450. The minimum atomic E-state index is -0.581. The molecule has 7 nitrogen and oxygen atoms in total. The molecule has 0 bridgehead atoms. The molecule has 0 spiro atoms. The highest BCUT2D eigenvalue weighted by atomic mass is 16.6. The van der Waals surface area contributed by atoms with Crippen LogP contribution in [0.1, 0.15) is 47.5 Å². The minimum Gasteiger partial charge on any atom is -0.444 e. The van der Waals surface area contributed by atoms with Gasteiger partial charge >= 0.3 is 6.09 Å². The number of hydrogen-bond donors (Lipinski definition) is 3. The van der Waals surface area contributed by atoms with E-state index < -0.39 is 11.7 Å². The van der Waals surface area contributed by atoms with Crippen molar-refractivity contribution in [3.63, 3.8) is 0 Å². The van der Waals surface area contributed by atoms with E-state index in [-0.39, 0.29) is 24.8 Å². The summed E-state index contributed by atoms with van der Waals surface area (Å²) >= 11 is 0. The van der Waals surface area contributed by atoms with Crippen molar-refractivity contribution in [2.24, 2.45) is 0 Å². The van der Waals surface area contributed by atoms with Crippen molar-refractivity contribution in [3.05, 3.63) is 35.9 Å². The summed E-state index contributed by atoms with van der Waals surface area (Å²) in [5.41, 5.74) is 1.55. The van der Waals surface area contributed by atoms with Crippen molar-refractivity contribution >= 4 is 29.3 Å². The number of rotatable bonds is 7. The van der Waals surface area contributed by atoms with Crippen molar-refractivity contribution in [1.82, 2.24) is 5.32 Å². The molecule has 3 N–H and O–H groups in total. The lowest BCUT2D eigenvalue weighted by atomic mass is 10.2. The Kier molecular flexibility index (Phi) is 8.51. The van der Waals surface area contributed by atoms with E-state index in [2.05, 4.69) is 16.0 Å². The van der Waals surface area contributed by atoms with E-state index in [1.807, 2.05) is 13.8 Å². The molecule has 1 aromatic rings. The Balaban J connectivity index is 2.49. The summed E-state index contributed by atoms with van der Waals surface area (Å²) < 4.78 is 5.10. The molecule has 27 heavy (non-hydrogen) atoms. The fourth-order valence-corrected chi connectivity index (χ4v) is 1.99. The average molecular weight is 375 g/mol. The molecule has 0 aliphatic heterocycles. The van der Waals surface area contributed by atoms with Gasteiger partial charge in [0.05, 0.1) is 0 Å². The van der Waals surface area contributed by atoms with E-state index in [0.717, 1.165) is 12.0 Å². The zero-order valence-electron chi connectivity index (χ0n) is 16.6. The first-order chi connectivity index (χ1) is 12.6. The second-order valence-electron chi connectivity index (χ2n) is 7.14. The van der Waals surface area contributed by atoms with E-state index >= 15 is 0 Å². The number of carbonyl (C=O) groups excluding carboxylic acids is 3. The summed E-state index contributed by atoms with van der Waals surface area (Å²) in [4.78, 5) is 35.4. The van der Waals surface area contributed by atoms with Crippen LogP contribution in [0.5, 0.6) is 0 Å². The molecule has 1 aromatic carbocycles. The van der Waals surface area contributed by atoms with Crippen molar-refractivity contribution < 1.29 is 19.1 Å². The van der Waals surface area contributed by atoms with Crippen molar-refractivity contribution in [2.45, 2.75) is 53.1 Å². The van der Waals surface area contributed by atoms with Gasteiger partial charge in [-0.05, 0) is 52.3 Å². The summed E-state index contributed by atoms with van der Waals surface area (Å²) in [7, 11) is 0. The molecule has 0 saturated heterocycles.